The van der Waals surface area contributed by atoms with E-state index in [0.717, 1.165) is 42.9 Å². The van der Waals surface area contributed by atoms with Crippen LogP contribution in [0.25, 0.3) is 11.5 Å². The van der Waals surface area contributed by atoms with Gasteiger partial charge in [-0.05, 0) is 83.3 Å². The zero-order valence-corrected chi connectivity index (χ0v) is 18.9. The number of likely N-dealkylation sites (tertiary alicyclic amines) is 1. The molecule has 2 heterocycles. The minimum atomic E-state index is 0.176. The van der Waals surface area contributed by atoms with Gasteiger partial charge in [0.2, 0.25) is 11.8 Å². The van der Waals surface area contributed by atoms with E-state index in [1.165, 1.54) is 37.9 Å². The molecule has 5 nitrogen and oxygen atoms in total. The van der Waals surface area contributed by atoms with E-state index in [9.17, 15) is 0 Å². The Hall–Kier alpha value is -1.72. The van der Waals surface area contributed by atoms with Crippen LogP contribution in [-0.2, 0) is 0 Å². The Labute approximate surface area is 176 Å². The smallest absolute Gasteiger partial charge is 0.247 e. The Kier molecular flexibility index (Phi) is 7.84. The van der Waals surface area contributed by atoms with Gasteiger partial charge in [0.15, 0.2) is 0 Å². The summed E-state index contributed by atoms with van der Waals surface area (Å²) in [6.45, 7) is 17.0. The lowest BCUT2D eigenvalue weighted by molar-refractivity contribution is 0.115. The largest absolute Gasteiger partial charge is 0.419 e. The molecule has 0 saturated carbocycles. The third kappa shape index (κ3) is 6.13. The lowest BCUT2D eigenvalue weighted by Gasteiger charge is -2.35. The molecule has 1 aromatic carbocycles. The van der Waals surface area contributed by atoms with Crippen LogP contribution in [0, 0.1) is 18.8 Å². The van der Waals surface area contributed by atoms with Crippen LogP contribution >= 0.6 is 0 Å². The molecule has 1 aliphatic heterocycles. The summed E-state index contributed by atoms with van der Waals surface area (Å²) in [6.07, 6.45) is 3.85. The fourth-order valence-corrected chi connectivity index (χ4v) is 4.34. The second-order valence-electron chi connectivity index (χ2n) is 9.05. The van der Waals surface area contributed by atoms with Crippen molar-refractivity contribution in [3.8, 4) is 11.5 Å². The average molecular weight is 399 g/mol. The van der Waals surface area contributed by atoms with Crippen LogP contribution in [0.2, 0.25) is 0 Å². The second kappa shape index (κ2) is 10.4. The van der Waals surface area contributed by atoms with Crippen molar-refractivity contribution in [3.05, 3.63) is 35.7 Å². The zero-order chi connectivity index (χ0) is 20.8. The molecular weight excluding hydrogens is 360 g/mol. The van der Waals surface area contributed by atoms with Gasteiger partial charge >= 0.3 is 0 Å². The maximum atomic E-state index is 6.03. The SMILES string of the molecule is CCN(CCC1CCN([C@H](C)c2nnc(-c3cccc(C)c3)o2)CC1)CC(C)C. The van der Waals surface area contributed by atoms with Gasteiger partial charge in [-0.3, -0.25) is 4.90 Å². The minimum absolute atomic E-state index is 0.176. The number of aryl methyl sites for hydroxylation is 1. The number of nitrogens with zero attached hydrogens (tertiary/aromatic N) is 4. The average Bonchev–Trinajstić information content (AvgIpc) is 3.21. The van der Waals surface area contributed by atoms with E-state index in [4.69, 9.17) is 4.42 Å². The molecule has 0 amide bonds. The molecular formula is C24H38N4O. The Morgan fingerprint density at radius 3 is 2.59 bits per heavy atom. The normalized spacial score (nSPS) is 17.3. The molecule has 2 aromatic rings. The third-order valence-corrected chi connectivity index (χ3v) is 6.18. The molecule has 0 aliphatic carbocycles. The first-order valence-corrected chi connectivity index (χ1v) is 11.3. The summed E-state index contributed by atoms with van der Waals surface area (Å²) >= 11 is 0. The summed E-state index contributed by atoms with van der Waals surface area (Å²) in [5.41, 5.74) is 2.20. The number of benzene rings is 1. The summed E-state index contributed by atoms with van der Waals surface area (Å²) in [4.78, 5) is 5.10. The number of rotatable bonds is 9. The molecule has 29 heavy (non-hydrogen) atoms. The highest BCUT2D eigenvalue weighted by Crippen LogP contribution is 2.29. The lowest BCUT2D eigenvalue weighted by Crippen LogP contribution is -2.37. The predicted octanol–water partition coefficient (Wildman–Crippen LogP) is 5.19. The Balaban J connectivity index is 1.49. The molecule has 1 aliphatic rings. The standard InChI is InChI=1S/C24H38N4O/c1-6-27(17-18(2)3)13-10-21-11-14-28(15-12-21)20(5)23-25-26-24(29-23)22-9-7-8-19(4)16-22/h7-9,16,18,20-21H,6,10-15,17H2,1-5H3/t20-/m1/s1. The summed E-state index contributed by atoms with van der Waals surface area (Å²) in [6, 6.07) is 8.40. The molecule has 0 bridgehead atoms. The van der Waals surface area contributed by atoms with Gasteiger partial charge in [-0.25, -0.2) is 0 Å². The Bertz CT molecular complexity index is 749. The topological polar surface area (TPSA) is 45.4 Å². The highest BCUT2D eigenvalue weighted by atomic mass is 16.4. The van der Waals surface area contributed by atoms with Crippen molar-refractivity contribution in [1.82, 2.24) is 20.0 Å². The van der Waals surface area contributed by atoms with Crippen molar-refractivity contribution in [2.45, 2.75) is 59.9 Å². The number of aromatic nitrogens is 2. The number of hydrogen-bond donors (Lipinski definition) is 0. The van der Waals surface area contributed by atoms with Crippen molar-refractivity contribution in [3.63, 3.8) is 0 Å². The van der Waals surface area contributed by atoms with E-state index in [-0.39, 0.29) is 6.04 Å². The molecule has 0 spiro atoms. The molecule has 160 valence electrons. The molecule has 0 radical (unpaired) electrons. The number of piperidine rings is 1. The lowest BCUT2D eigenvalue weighted by atomic mass is 9.92. The Morgan fingerprint density at radius 2 is 1.93 bits per heavy atom. The fraction of sp³-hybridized carbons (Fsp3) is 0.667. The van der Waals surface area contributed by atoms with E-state index >= 15 is 0 Å². The van der Waals surface area contributed by atoms with Crippen LogP contribution in [0.5, 0.6) is 0 Å². The van der Waals surface area contributed by atoms with E-state index in [1.54, 1.807) is 0 Å². The second-order valence-corrected chi connectivity index (χ2v) is 9.05. The van der Waals surface area contributed by atoms with Crippen LogP contribution in [0.3, 0.4) is 0 Å². The van der Waals surface area contributed by atoms with Gasteiger partial charge in [-0.1, -0.05) is 38.5 Å². The summed E-state index contributed by atoms with van der Waals surface area (Å²) < 4.78 is 6.03. The van der Waals surface area contributed by atoms with Crippen LogP contribution in [-0.4, -0.2) is 52.7 Å². The van der Waals surface area contributed by atoms with Gasteiger partial charge < -0.3 is 9.32 Å². The van der Waals surface area contributed by atoms with Crippen LogP contribution in [0.4, 0.5) is 0 Å². The Morgan fingerprint density at radius 1 is 1.17 bits per heavy atom. The molecule has 1 saturated heterocycles. The van der Waals surface area contributed by atoms with Crippen molar-refractivity contribution in [2.75, 3.05) is 32.7 Å². The number of hydrogen-bond acceptors (Lipinski definition) is 5. The molecule has 0 N–H and O–H groups in total. The van der Waals surface area contributed by atoms with Crippen molar-refractivity contribution < 1.29 is 4.42 Å². The van der Waals surface area contributed by atoms with E-state index < -0.39 is 0 Å². The minimum Gasteiger partial charge on any atom is -0.419 e. The molecule has 1 aromatic heterocycles. The summed E-state index contributed by atoms with van der Waals surface area (Å²) in [5, 5.41) is 8.64. The van der Waals surface area contributed by atoms with Gasteiger partial charge in [0.05, 0.1) is 6.04 Å². The van der Waals surface area contributed by atoms with Crippen LogP contribution < -0.4 is 0 Å². The van der Waals surface area contributed by atoms with Crippen LogP contribution in [0.1, 0.15) is 64.5 Å². The van der Waals surface area contributed by atoms with Gasteiger partial charge in [0, 0.05) is 12.1 Å². The van der Waals surface area contributed by atoms with Gasteiger partial charge in [0.1, 0.15) is 0 Å². The molecule has 3 rings (SSSR count). The van der Waals surface area contributed by atoms with E-state index in [0.29, 0.717) is 5.89 Å². The van der Waals surface area contributed by atoms with E-state index in [2.05, 4.69) is 66.7 Å². The zero-order valence-electron chi connectivity index (χ0n) is 18.9. The fourth-order valence-electron chi connectivity index (χ4n) is 4.34. The molecule has 1 fully saturated rings. The third-order valence-electron chi connectivity index (χ3n) is 6.18. The maximum Gasteiger partial charge on any atom is 0.247 e. The first kappa shape index (κ1) is 22.0. The summed E-state index contributed by atoms with van der Waals surface area (Å²) in [7, 11) is 0. The van der Waals surface area contributed by atoms with Gasteiger partial charge in [0.25, 0.3) is 0 Å². The monoisotopic (exact) mass is 398 g/mol. The first-order chi connectivity index (χ1) is 14.0. The molecule has 5 heteroatoms. The highest BCUT2D eigenvalue weighted by molar-refractivity contribution is 5.53. The quantitative estimate of drug-likeness (QED) is 0.582. The van der Waals surface area contributed by atoms with Gasteiger partial charge in [-0.2, -0.15) is 0 Å². The highest BCUT2D eigenvalue weighted by Gasteiger charge is 2.27. The predicted molar refractivity (Wildman–Crippen MR) is 119 cm³/mol. The molecule has 1 atom stereocenters. The van der Waals surface area contributed by atoms with Gasteiger partial charge in [-0.15, -0.1) is 10.2 Å². The summed E-state index contributed by atoms with van der Waals surface area (Å²) in [5.74, 6) is 2.94. The molecule has 0 unspecified atom stereocenters. The maximum absolute atomic E-state index is 6.03. The van der Waals surface area contributed by atoms with Crippen LogP contribution in [0.15, 0.2) is 28.7 Å². The van der Waals surface area contributed by atoms with Crippen molar-refractivity contribution >= 4 is 0 Å². The van der Waals surface area contributed by atoms with Crippen molar-refractivity contribution in [2.24, 2.45) is 11.8 Å². The first-order valence-electron chi connectivity index (χ1n) is 11.3. The van der Waals surface area contributed by atoms with E-state index in [1.807, 2.05) is 12.1 Å². The van der Waals surface area contributed by atoms with Crippen molar-refractivity contribution in [1.29, 1.82) is 0 Å².